The van der Waals surface area contributed by atoms with Gasteiger partial charge in [-0.1, -0.05) is 18.2 Å². The number of esters is 1. The number of carbonyl (C=O) groups excluding carboxylic acids is 3. The molecule has 0 spiro atoms. The van der Waals surface area contributed by atoms with Gasteiger partial charge in [-0.25, -0.2) is 4.39 Å². The van der Waals surface area contributed by atoms with Gasteiger partial charge in [-0.05, 0) is 54.6 Å². The molecule has 3 atom stereocenters. The number of hydrogen-bond donors (Lipinski definition) is 0. The zero-order valence-corrected chi connectivity index (χ0v) is 21.2. The number of non-ortho nitro benzene ring substituents is 1. The molecule has 1 aromatic heterocycles. The van der Waals surface area contributed by atoms with Crippen LogP contribution in [0.4, 0.5) is 15.8 Å². The Balaban J connectivity index is 1.72. The molecule has 2 aliphatic rings. The van der Waals surface area contributed by atoms with Gasteiger partial charge in [0.2, 0.25) is 5.91 Å². The molecule has 0 saturated heterocycles. The first-order chi connectivity index (χ1) is 18.3. The number of Topliss-reactive ketones (excluding diaryl/α,β-unsaturated/α-hetero) is 1. The Labute approximate surface area is 221 Å². The summed E-state index contributed by atoms with van der Waals surface area (Å²) < 4.78 is 19.0. The van der Waals surface area contributed by atoms with Crippen molar-refractivity contribution in [3.8, 4) is 0 Å². The van der Waals surface area contributed by atoms with Crippen molar-refractivity contribution in [2.24, 2.45) is 5.92 Å². The number of benzene rings is 2. The minimum absolute atomic E-state index is 0.0974. The lowest BCUT2D eigenvalue weighted by molar-refractivity contribution is -0.384. The van der Waals surface area contributed by atoms with Crippen LogP contribution >= 0.6 is 11.3 Å². The molecule has 1 amide bonds. The number of rotatable bonds is 6. The van der Waals surface area contributed by atoms with Crippen LogP contribution in [0.25, 0.3) is 0 Å². The molecule has 5 rings (SSSR count). The van der Waals surface area contributed by atoms with Crippen molar-refractivity contribution in [3.63, 3.8) is 0 Å². The number of allylic oxidation sites excluding steroid dienone is 2. The predicted octanol–water partition coefficient (Wildman–Crippen LogP) is 5.51. The van der Waals surface area contributed by atoms with E-state index in [1.807, 2.05) is 17.5 Å². The Bertz CT molecular complexity index is 1450. The second kappa shape index (κ2) is 10.3. The van der Waals surface area contributed by atoms with E-state index in [1.54, 1.807) is 13.0 Å². The summed E-state index contributed by atoms with van der Waals surface area (Å²) in [6.45, 7) is 1.76. The van der Waals surface area contributed by atoms with E-state index < -0.39 is 40.2 Å². The highest BCUT2D eigenvalue weighted by Crippen LogP contribution is 2.50. The highest BCUT2D eigenvalue weighted by molar-refractivity contribution is 7.10. The summed E-state index contributed by atoms with van der Waals surface area (Å²) in [7, 11) is 0. The van der Waals surface area contributed by atoms with Crippen molar-refractivity contribution in [3.05, 3.63) is 104 Å². The number of hydrogen-bond acceptors (Lipinski definition) is 7. The normalized spacial score (nSPS) is 21.3. The van der Waals surface area contributed by atoms with Crippen molar-refractivity contribution in [2.75, 3.05) is 11.5 Å². The van der Waals surface area contributed by atoms with Crippen LogP contribution < -0.4 is 4.90 Å². The first-order valence-corrected chi connectivity index (χ1v) is 13.0. The van der Waals surface area contributed by atoms with Crippen LogP contribution in [0.5, 0.6) is 0 Å². The highest BCUT2D eigenvalue weighted by atomic mass is 32.1. The third-order valence-electron chi connectivity index (χ3n) is 6.94. The number of thiophene rings is 1. The summed E-state index contributed by atoms with van der Waals surface area (Å²) in [4.78, 5) is 54.2. The first-order valence-electron chi connectivity index (χ1n) is 12.1. The maximum Gasteiger partial charge on any atom is 0.317 e. The van der Waals surface area contributed by atoms with Crippen molar-refractivity contribution >= 4 is 40.4 Å². The molecule has 0 unspecified atom stereocenters. The number of anilines is 1. The van der Waals surface area contributed by atoms with Crippen LogP contribution in [0.2, 0.25) is 0 Å². The standard InChI is InChI=1S/C28H23FN2O6S/c1-2-37-28(34)26-21(23-7-4-12-38-23)14-22-25(27(26)33)20(16-5-3-6-19(13-16)31(35)36)15-24(32)30(22)18-10-8-17(29)9-11-18/h3-13,20-21,26H,2,14-15H2,1H3/t20-,21+,26-/m0/s1. The van der Waals surface area contributed by atoms with Gasteiger partial charge in [0.05, 0.1) is 11.5 Å². The Morgan fingerprint density at radius 1 is 1.13 bits per heavy atom. The Morgan fingerprint density at radius 3 is 2.55 bits per heavy atom. The van der Waals surface area contributed by atoms with Gasteiger partial charge >= 0.3 is 5.97 Å². The SMILES string of the molecule is CCOC(=O)[C@@H]1C(=O)C2=C(C[C@@H]1c1cccs1)N(c1ccc(F)cc1)C(=O)C[C@H]2c1cccc([N+](=O)[O-])c1. The second-order valence-electron chi connectivity index (χ2n) is 9.09. The topological polar surface area (TPSA) is 107 Å². The average molecular weight is 535 g/mol. The summed E-state index contributed by atoms with van der Waals surface area (Å²) >= 11 is 1.40. The molecule has 194 valence electrons. The first kappa shape index (κ1) is 25.5. The molecule has 38 heavy (non-hydrogen) atoms. The average Bonchev–Trinajstić information content (AvgIpc) is 3.44. The number of nitrogens with zero attached hydrogens (tertiary/aromatic N) is 2. The minimum atomic E-state index is -1.13. The molecule has 0 fully saturated rings. The van der Waals surface area contributed by atoms with E-state index in [9.17, 15) is 28.9 Å². The van der Waals surface area contributed by atoms with Gasteiger partial charge in [0.25, 0.3) is 5.69 Å². The van der Waals surface area contributed by atoms with Crippen molar-refractivity contribution in [1.82, 2.24) is 0 Å². The highest BCUT2D eigenvalue weighted by Gasteiger charge is 2.50. The molecule has 2 aromatic carbocycles. The number of amides is 1. The molecule has 0 bridgehead atoms. The fraction of sp³-hybridized carbons (Fsp3) is 0.250. The third kappa shape index (κ3) is 4.51. The van der Waals surface area contributed by atoms with E-state index in [-0.39, 0.29) is 36.6 Å². The second-order valence-corrected chi connectivity index (χ2v) is 10.1. The van der Waals surface area contributed by atoms with Crippen LogP contribution in [0, 0.1) is 21.8 Å². The van der Waals surface area contributed by atoms with Crippen LogP contribution in [0.15, 0.2) is 77.3 Å². The number of carbonyl (C=O) groups is 3. The number of nitro benzene ring substituents is 1. The fourth-order valence-electron chi connectivity index (χ4n) is 5.33. The molecule has 3 aromatic rings. The van der Waals surface area contributed by atoms with E-state index in [0.29, 0.717) is 16.9 Å². The lowest BCUT2D eigenvalue weighted by atomic mass is 9.69. The van der Waals surface area contributed by atoms with Gasteiger partial charge in [-0.15, -0.1) is 11.3 Å². The van der Waals surface area contributed by atoms with E-state index in [1.165, 1.54) is 58.7 Å². The van der Waals surface area contributed by atoms with Crippen LogP contribution in [0.3, 0.4) is 0 Å². The maximum atomic E-state index is 14.2. The van der Waals surface area contributed by atoms with Crippen LogP contribution in [0.1, 0.15) is 42.0 Å². The number of ketones is 1. The summed E-state index contributed by atoms with van der Waals surface area (Å²) in [6, 6.07) is 14.9. The lowest BCUT2D eigenvalue weighted by Gasteiger charge is -2.42. The van der Waals surface area contributed by atoms with Crippen LogP contribution in [-0.4, -0.2) is 29.2 Å². The largest absolute Gasteiger partial charge is 0.465 e. The molecule has 1 aliphatic heterocycles. The fourth-order valence-corrected chi connectivity index (χ4v) is 6.20. The summed E-state index contributed by atoms with van der Waals surface area (Å²) in [5, 5.41) is 13.3. The number of nitro groups is 1. The van der Waals surface area contributed by atoms with Crippen molar-refractivity contribution in [1.29, 1.82) is 0 Å². The smallest absolute Gasteiger partial charge is 0.317 e. The number of ether oxygens (including phenoxy) is 1. The Morgan fingerprint density at radius 2 is 1.89 bits per heavy atom. The molecule has 0 N–H and O–H groups in total. The molecule has 10 heteroatoms. The van der Waals surface area contributed by atoms with Gasteiger partial charge in [0, 0.05) is 52.2 Å². The van der Waals surface area contributed by atoms with Crippen molar-refractivity contribution < 1.29 is 28.4 Å². The van der Waals surface area contributed by atoms with E-state index in [0.717, 1.165) is 4.88 Å². The zero-order valence-electron chi connectivity index (χ0n) is 20.3. The molecular weight excluding hydrogens is 511 g/mol. The summed E-state index contributed by atoms with van der Waals surface area (Å²) in [5.41, 5.74) is 1.33. The van der Waals surface area contributed by atoms with E-state index in [4.69, 9.17) is 4.74 Å². The maximum absolute atomic E-state index is 14.2. The van der Waals surface area contributed by atoms with Gasteiger partial charge < -0.3 is 4.74 Å². The predicted molar refractivity (Wildman–Crippen MR) is 138 cm³/mol. The molecule has 0 radical (unpaired) electrons. The zero-order chi connectivity index (χ0) is 27.0. The van der Waals surface area contributed by atoms with Gasteiger partial charge in [-0.3, -0.25) is 29.4 Å². The van der Waals surface area contributed by atoms with Crippen molar-refractivity contribution in [2.45, 2.75) is 31.6 Å². The molecule has 8 nitrogen and oxygen atoms in total. The van der Waals surface area contributed by atoms with E-state index >= 15 is 0 Å². The Hall–Kier alpha value is -4.18. The molecule has 2 heterocycles. The molecular formula is C28H23FN2O6S. The quantitative estimate of drug-likeness (QED) is 0.179. The minimum Gasteiger partial charge on any atom is -0.465 e. The number of halogens is 1. The van der Waals surface area contributed by atoms with E-state index in [2.05, 4.69) is 0 Å². The third-order valence-corrected chi connectivity index (χ3v) is 7.94. The summed E-state index contributed by atoms with van der Waals surface area (Å²) in [6.07, 6.45) is 0.0297. The molecule has 0 saturated carbocycles. The van der Waals surface area contributed by atoms with Crippen LogP contribution in [-0.2, 0) is 19.1 Å². The summed E-state index contributed by atoms with van der Waals surface area (Å²) in [5.74, 6) is -4.41. The Kier molecular flexibility index (Phi) is 6.90. The van der Waals surface area contributed by atoms with Gasteiger partial charge in [0.1, 0.15) is 11.7 Å². The van der Waals surface area contributed by atoms with Gasteiger partial charge in [-0.2, -0.15) is 0 Å². The monoisotopic (exact) mass is 534 g/mol. The lowest BCUT2D eigenvalue weighted by Crippen LogP contribution is -2.46. The molecule has 1 aliphatic carbocycles. The van der Waals surface area contributed by atoms with Gasteiger partial charge in [0.15, 0.2) is 5.78 Å².